The molecule has 7 nitrogen and oxygen atoms in total. The van der Waals surface area contributed by atoms with Crippen molar-refractivity contribution < 1.29 is 18.0 Å². The van der Waals surface area contributed by atoms with Crippen LogP contribution in [0.2, 0.25) is 0 Å². The number of alkyl halides is 3. The number of aryl methyl sites for hydroxylation is 2. The van der Waals surface area contributed by atoms with E-state index in [1.165, 1.54) is 17.4 Å². The molecule has 0 aliphatic heterocycles. The molecule has 0 saturated carbocycles. The van der Waals surface area contributed by atoms with E-state index < -0.39 is 17.8 Å². The number of hydrogen-bond donors (Lipinski definition) is 1. The molecular weight excluding hydrogens is 429 g/mol. The van der Waals surface area contributed by atoms with Gasteiger partial charge < -0.3 is 5.32 Å². The summed E-state index contributed by atoms with van der Waals surface area (Å²) in [6.07, 6.45) is -2.25. The summed E-state index contributed by atoms with van der Waals surface area (Å²) < 4.78 is 43.5. The van der Waals surface area contributed by atoms with Crippen molar-refractivity contribution in [3.05, 3.63) is 58.0 Å². The van der Waals surface area contributed by atoms with Crippen LogP contribution in [0.25, 0.3) is 16.2 Å². The Balaban J connectivity index is 1.69. The maximum absolute atomic E-state index is 13.7. The normalized spacial score (nSPS) is 11.9. The van der Waals surface area contributed by atoms with E-state index in [2.05, 4.69) is 20.5 Å². The highest BCUT2D eigenvalue weighted by Gasteiger charge is 2.35. The number of nitrogens with one attached hydrogen (secondary N) is 1. The molecule has 4 heterocycles. The van der Waals surface area contributed by atoms with Gasteiger partial charge in [0, 0.05) is 35.8 Å². The summed E-state index contributed by atoms with van der Waals surface area (Å²) in [4.78, 5) is 18.5. The molecule has 0 aliphatic rings. The molecular formula is C20H19F3N6OS. The second-order valence-corrected chi connectivity index (χ2v) is 8.17. The lowest BCUT2D eigenvalue weighted by molar-refractivity contribution is -0.142. The molecule has 1 N–H and O–H groups in total. The third-order valence-corrected chi connectivity index (χ3v) is 6.24. The summed E-state index contributed by atoms with van der Waals surface area (Å²) in [5, 5.41) is 10.6. The number of amides is 1. The number of rotatable bonds is 5. The van der Waals surface area contributed by atoms with E-state index in [4.69, 9.17) is 0 Å². The molecule has 31 heavy (non-hydrogen) atoms. The van der Waals surface area contributed by atoms with Crippen LogP contribution in [0.4, 0.5) is 13.2 Å². The van der Waals surface area contributed by atoms with E-state index in [1.54, 1.807) is 24.0 Å². The van der Waals surface area contributed by atoms with Gasteiger partial charge in [-0.1, -0.05) is 6.92 Å². The van der Waals surface area contributed by atoms with Gasteiger partial charge in [-0.25, -0.2) is 9.50 Å². The highest BCUT2D eigenvalue weighted by atomic mass is 32.1. The topological polar surface area (TPSA) is 77.1 Å². The monoisotopic (exact) mass is 448 g/mol. The molecule has 0 radical (unpaired) electrons. The number of carbonyl (C=O) groups is 1. The molecule has 0 bridgehead atoms. The fraction of sp³-hybridized carbons (Fsp3) is 0.300. The molecule has 162 valence electrons. The van der Waals surface area contributed by atoms with E-state index in [-0.39, 0.29) is 23.6 Å². The van der Waals surface area contributed by atoms with Gasteiger partial charge in [0.05, 0.1) is 16.8 Å². The van der Waals surface area contributed by atoms with Crippen LogP contribution in [0.5, 0.6) is 0 Å². The number of aromatic nitrogens is 5. The number of thiophene rings is 1. The standard InChI is InChI=1S/C20H19F3N6OS/c1-4-13-5-6-16(31-13)14-7-17(20(21,22)23)29-18(26-14)8-15(27-29)19(30)24-9-12-10-25-28(3)11(12)2/h5-8,10H,4,9H2,1-3H3,(H,24,30). The van der Waals surface area contributed by atoms with Gasteiger partial charge in [0.25, 0.3) is 5.91 Å². The minimum absolute atomic E-state index is 0.0426. The molecule has 4 aromatic heterocycles. The summed E-state index contributed by atoms with van der Waals surface area (Å²) in [7, 11) is 1.78. The molecule has 0 unspecified atom stereocenters. The van der Waals surface area contributed by atoms with Crippen molar-refractivity contribution in [1.82, 2.24) is 29.7 Å². The van der Waals surface area contributed by atoms with Crippen molar-refractivity contribution in [3.8, 4) is 10.6 Å². The fourth-order valence-electron chi connectivity index (χ4n) is 3.10. The first kappa shape index (κ1) is 21.0. The molecule has 4 aromatic rings. The fourth-order valence-corrected chi connectivity index (χ4v) is 4.01. The van der Waals surface area contributed by atoms with Crippen LogP contribution < -0.4 is 5.32 Å². The summed E-state index contributed by atoms with van der Waals surface area (Å²) in [5.41, 5.74) is 0.711. The van der Waals surface area contributed by atoms with Gasteiger partial charge in [0.1, 0.15) is 0 Å². The number of halogens is 3. The Bertz CT molecular complexity index is 1270. The largest absolute Gasteiger partial charge is 0.433 e. The van der Waals surface area contributed by atoms with Gasteiger partial charge in [-0.05, 0) is 31.5 Å². The zero-order valence-electron chi connectivity index (χ0n) is 17.0. The van der Waals surface area contributed by atoms with Crippen molar-refractivity contribution in [3.63, 3.8) is 0 Å². The quantitative estimate of drug-likeness (QED) is 0.501. The van der Waals surface area contributed by atoms with Crippen LogP contribution in [0.3, 0.4) is 0 Å². The summed E-state index contributed by atoms with van der Waals surface area (Å²) in [6, 6.07) is 5.85. The Morgan fingerprint density at radius 1 is 1.26 bits per heavy atom. The molecule has 11 heteroatoms. The number of nitrogens with zero attached hydrogens (tertiary/aromatic N) is 5. The number of fused-ring (bicyclic) bond motifs is 1. The SMILES string of the molecule is CCc1ccc(-c2cc(C(F)(F)F)n3nc(C(=O)NCc4cnn(C)c4C)cc3n2)s1. The predicted molar refractivity (Wildman–Crippen MR) is 110 cm³/mol. The molecule has 4 rings (SSSR count). The van der Waals surface area contributed by atoms with Crippen LogP contribution in [-0.4, -0.2) is 30.3 Å². The molecule has 0 aliphatic carbocycles. The highest BCUT2D eigenvalue weighted by molar-refractivity contribution is 7.15. The summed E-state index contributed by atoms with van der Waals surface area (Å²) >= 11 is 1.39. The van der Waals surface area contributed by atoms with Gasteiger partial charge in [-0.15, -0.1) is 11.3 Å². The maximum atomic E-state index is 13.7. The highest BCUT2D eigenvalue weighted by Crippen LogP contribution is 2.34. The Kier molecular flexibility index (Phi) is 5.29. The first-order valence-electron chi connectivity index (χ1n) is 9.50. The molecule has 0 fully saturated rings. The van der Waals surface area contributed by atoms with Gasteiger partial charge in [-0.3, -0.25) is 9.48 Å². The van der Waals surface area contributed by atoms with E-state index >= 15 is 0 Å². The van der Waals surface area contributed by atoms with E-state index in [0.29, 0.717) is 9.39 Å². The second-order valence-electron chi connectivity index (χ2n) is 7.00. The zero-order valence-corrected chi connectivity index (χ0v) is 17.8. The Morgan fingerprint density at radius 2 is 2.03 bits per heavy atom. The minimum Gasteiger partial charge on any atom is -0.346 e. The Labute approximate surface area is 179 Å². The summed E-state index contributed by atoms with van der Waals surface area (Å²) in [6.45, 7) is 4.02. The minimum atomic E-state index is -4.66. The van der Waals surface area contributed by atoms with Gasteiger partial charge >= 0.3 is 6.18 Å². The first-order valence-corrected chi connectivity index (χ1v) is 10.3. The Hall–Kier alpha value is -3.21. The third kappa shape index (κ3) is 4.05. The van der Waals surface area contributed by atoms with Crippen LogP contribution >= 0.6 is 11.3 Å². The van der Waals surface area contributed by atoms with Crippen LogP contribution in [0, 0.1) is 6.92 Å². The molecule has 1 amide bonds. The average molecular weight is 448 g/mol. The number of carbonyl (C=O) groups excluding carboxylic acids is 1. The van der Waals surface area contributed by atoms with E-state index in [9.17, 15) is 18.0 Å². The van der Waals surface area contributed by atoms with E-state index in [1.807, 2.05) is 19.9 Å². The average Bonchev–Trinajstić information content (AvgIpc) is 3.44. The van der Waals surface area contributed by atoms with Crippen LogP contribution in [0.1, 0.15) is 39.2 Å². The molecule has 0 atom stereocenters. The molecule has 0 saturated heterocycles. The van der Waals surface area contributed by atoms with Crippen LogP contribution in [0.15, 0.2) is 30.5 Å². The smallest absolute Gasteiger partial charge is 0.346 e. The van der Waals surface area contributed by atoms with Crippen molar-refractivity contribution in [2.45, 2.75) is 33.0 Å². The Morgan fingerprint density at radius 3 is 2.65 bits per heavy atom. The van der Waals surface area contributed by atoms with Crippen molar-refractivity contribution >= 4 is 22.9 Å². The molecule has 0 spiro atoms. The third-order valence-electron chi connectivity index (χ3n) is 4.99. The second kappa shape index (κ2) is 7.80. The first-order chi connectivity index (χ1) is 14.7. The lowest BCUT2D eigenvalue weighted by Crippen LogP contribution is -2.23. The van der Waals surface area contributed by atoms with Gasteiger partial charge in [0.15, 0.2) is 17.0 Å². The van der Waals surface area contributed by atoms with E-state index in [0.717, 1.165) is 28.6 Å². The van der Waals surface area contributed by atoms with Crippen molar-refractivity contribution in [2.75, 3.05) is 0 Å². The van der Waals surface area contributed by atoms with Crippen molar-refractivity contribution in [2.24, 2.45) is 7.05 Å². The van der Waals surface area contributed by atoms with Crippen molar-refractivity contribution in [1.29, 1.82) is 0 Å². The maximum Gasteiger partial charge on any atom is 0.433 e. The van der Waals surface area contributed by atoms with Crippen LogP contribution in [-0.2, 0) is 26.2 Å². The molecule has 0 aromatic carbocycles. The predicted octanol–water partition coefficient (Wildman–Crippen LogP) is 4.01. The van der Waals surface area contributed by atoms with Gasteiger partial charge in [-0.2, -0.15) is 23.4 Å². The summed E-state index contributed by atoms with van der Waals surface area (Å²) in [5.74, 6) is -0.590. The van der Waals surface area contributed by atoms with Gasteiger partial charge in [0.2, 0.25) is 0 Å². The lowest BCUT2D eigenvalue weighted by Gasteiger charge is -2.10. The lowest BCUT2D eigenvalue weighted by atomic mass is 10.2. The number of hydrogen-bond acceptors (Lipinski definition) is 5. The zero-order chi connectivity index (χ0) is 22.3.